The second kappa shape index (κ2) is 5.40. The Balaban J connectivity index is 2.26. The highest BCUT2D eigenvalue weighted by Gasteiger charge is 2.20. The molecular formula is C9H18INO. The van der Waals surface area contributed by atoms with Crippen molar-refractivity contribution in [2.75, 3.05) is 17.6 Å². The molecule has 1 aliphatic heterocycles. The minimum absolute atomic E-state index is 0.604. The number of halogens is 1. The molecule has 3 heteroatoms. The molecule has 0 spiro atoms. The summed E-state index contributed by atoms with van der Waals surface area (Å²) < 4.78 is 6.50. The Morgan fingerprint density at radius 3 is 2.75 bits per heavy atom. The van der Waals surface area contributed by atoms with Gasteiger partial charge in [0.05, 0.1) is 6.61 Å². The molecule has 2 nitrogen and oxygen atoms in total. The summed E-state index contributed by atoms with van der Waals surface area (Å²) in [6.45, 7) is 6.38. The first kappa shape index (κ1) is 10.7. The zero-order valence-electron chi connectivity index (χ0n) is 7.85. The Morgan fingerprint density at radius 1 is 1.58 bits per heavy atom. The van der Waals surface area contributed by atoms with Crippen LogP contribution in [0.4, 0.5) is 0 Å². The van der Waals surface area contributed by atoms with Crippen molar-refractivity contribution < 1.29 is 4.74 Å². The number of hydrogen-bond donors (Lipinski definition) is 1. The Bertz CT molecular complexity index is 124. The van der Waals surface area contributed by atoms with E-state index in [1.165, 1.54) is 10.8 Å². The van der Waals surface area contributed by atoms with Crippen molar-refractivity contribution in [2.24, 2.45) is 5.92 Å². The molecular weight excluding hydrogens is 265 g/mol. The summed E-state index contributed by atoms with van der Waals surface area (Å²) in [6, 6.07) is 1.25. The van der Waals surface area contributed by atoms with Gasteiger partial charge in [0.1, 0.15) is 0 Å². The lowest BCUT2D eigenvalue weighted by Gasteiger charge is -2.23. The van der Waals surface area contributed by atoms with Gasteiger partial charge in [-0.3, -0.25) is 0 Å². The maximum Gasteiger partial charge on any atom is 0.0620 e. The highest BCUT2D eigenvalue weighted by Crippen LogP contribution is 2.10. The van der Waals surface area contributed by atoms with Crippen LogP contribution in [0.2, 0.25) is 0 Å². The molecule has 1 fully saturated rings. The fraction of sp³-hybridized carbons (Fsp3) is 1.00. The van der Waals surface area contributed by atoms with Crippen molar-refractivity contribution in [2.45, 2.75) is 32.4 Å². The molecule has 1 saturated heterocycles. The van der Waals surface area contributed by atoms with Gasteiger partial charge in [0, 0.05) is 23.1 Å². The fourth-order valence-corrected chi connectivity index (χ4v) is 2.66. The van der Waals surface area contributed by atoms with E-state index < -0.39 is 0 Å². The van der Waals surface area contributed by atoms with Crippen LogP contribution < -0.4 is 5.32 Å². The first-order valence-electron chi connectivity index (χ1n) is 4.63. The van der Waals surface area contributed by atoms with E-state index in [2.05, 4.69) is 41.8 Å². The molecule has 0 aromatic heterocycles. The molecule has 2 unspecified atom stereocenters. The van der Waals surface area contributed by atoms with Crippen LogP contribution in [-0.4, -0.2) is 29.7 Å². The first-order valence-corrected chi connectivity index (χ1v) is 6.16. The fourth-order valence-electron chi connectivity index (χ4n) is 1.38. The van der Waals surface area contributed by atoms with Crippen LogP contribution in [0.15, 0.2) is 0 Å². The second-order valence-corrected chi connectivity index (χ2v) is 4.61. The highest BCUT2D eigenvalue weighted by atomic mass is 127. The van der Waals surface area contributed by atoms with Crippen LogP contribution in [0.3, 0.4) is 0 Å². The Labute approximate surface area is 88.6 Å². The number of ether oxygens (including phenoxy) is 1. The van der Waals surface area contributed by atoms with Gasteiger partial charge >= 0.3 is 0 Å². The monoisotopic (exact) mass is 283 g/mol. The van der Waals surface area contributed by atoms with E-state index in [9.17, 15) is 0 Å². The molecule has 12 heavy (non-hydrogen) atoms. The normalized spacial score (nSPS) is 26.5. The van der Waals surface area contributed by atoms with Gasteiger partial charge in [-0.05, 0) is 12.3 Å². The summed E-state index contributed by atoms with van der Waals surface area (Å²) >= 11 is 2.45. The van der Waals surface area contributed by atoms with Crippen LogP contribution >= 0.6 is 22.6 Å². The van der Waals surface area contributed by atoms with Crippen LogP contribution in [0.5, 0.6) is 0 Å². The third kappa shape index (κ3) is 3.18. The van der Waals surface area contributed by atoms with E-state index in [4.69, 9.17) is 4.74 Å². The lowest BCUT2D eigenvalue weighted by molar-refractivity contribution is 0.187. The van der Waals surface area contributed by atoms with Crippen LogP contribution in [0, 0.1) is 5.92 Å². The summed E-state index contributed by atoms with van der Waals surface area (Å²) in [4.78, 5) is 0. The SMILES string of the molecule is CC(C)C(CI)NC1CCOC1. The van der Waals surface area contributed by atoms with E-state index in [1.54, 1.807) is 0 Å². The van der Waals surface area contributed by atoms with Gasteiger partial charge in [0.25, 0.3) is 0 Å². The minimum atomic E-state index is 0.604. The zero-order chi connectivity index (χ0) is 8.97. The lowest BCUT2D eigenvalue weighted by Crippen LogP contribution is -2.42. The van der Waals surface area contributed by atoms with Crippen LogP contribution in [-0.2, 0) is 4.74 Å². The van der Waals surface area contributed by atoms with Gasteiger partial charge in [-0.25, -0.2) is 0 Å². The third-order valence-corrected chi connectivity index (χ3v) is 3.30. The summed E-state index contributed by atoms with van der Waals surface area (Å²) in [6.07, 6.45) is 1.18. The minimum Gasteiger partial charge on any atom is -0.380 e. The zero-order valence-corrected chi connectivity index (χ0v) is 10.0. The lowest BCUT2D eigenvalue weighted by atomic mass is 10.1. The van der Waals surface area contributed by atoms with E-state index >= 15 is 0 Å². The van der Waals surface area contributed by atoms with Crippen molar-refractivity contribution >= 4 is 22.6 Å². The van der Waals surface area contributed by atoms with Crippen molar-refractivity contribution in [3.8, 4) is 0 Å². The maximum absolute atomic E-state index is 5.32. The van der Waals surface area contributed by atoms with E-state index in [1.807, 2.05) is 0 Å². The average molecular weight is 283 g/mol. The summed E-state index contributed by atoms with van der Waals surface area (Å²) in [7, 11) is 0. The molecule has 0 amide bonds. The van der Waals surface area contributed by atoms with Crippen LogP contribution in [0.25, 0.3) is 0 Å². The second-order valence-electron chi connectivity index (χ2n) is 3.73. The molecule has 1 heterocycles. The summed E-state index contributed by atoms with van der Waals surface area (Å²) in [5.74, 6) is 0.725. The predicted octanol–water partition coefficient (Wildman–Crippen LogP) is 1.82. The predicted molar refractivity (Wildman–Crippen MR) is 59.9 cm³/mol. The van der Waals surface area contributed by atoms with Crippen molar-refractivity contribution in [3.05, 3.63) is 0 Å². The van der Waals surface area contributed by atoms with Crippen molar-refractivity contribution in [1.29, 1.82) is 0 Å². The molecule has 0 saturated carbocycles. The van der Waals surface area contributed by atoms with Gasteiger partial charge in [-0.15, -0.1) is 0 Å². The molecule has 0 aromatic rings. The maximum atomic E-state index is 5.32. The highest BCUT2D eigenvalue weighted by molar-refractivity contribution is 14.1. The van der Waals surface area contributed by atoms with Gasteiger partial charge in [-0.1, -0.05) is 36.4 Å². The molecule has 0 bridgehead atoms. The molecule has 2 atom stereocenters. The molecule has 0 aromatic carbocycles. The Morgan fingerprint density at radius 2 is 2.33 bits per heavy atom. The van der Waals surface area contributed by atoms with Gasteiger partial charge in [-0.2, -0.15) is 0 Å². The molecule has 1 aliphatic rings. The van der Waals surface area contributed by atoms with Crippen molar-refractivity contribution in [3.63, 3.8) is 0 Å². The third-order valence-electron chi connectivity index (χ3n) is 2.35. The number of rotatable bonds is 4. The number of hydrogen-bond acceptors (Lipinski definition) is 2. The molecule has 1 N–H and O–H groups in total. The standard InChI is InChI=1S/C9H18INO/c1-7(2)9(5-10)11-8-3-4-12-6-8/h7-9,11H,3-6H2,1-2H3. The molecule has 1 rings (SSSR count). The van der Waals surface area contributed by atoms with Gasteiger partial charge in [0.2, 0.25) is 0 Å². The molecule has 0 radical (unpaired) electrons. The van der Waals surface area contributed by atoms with E-state index in [-0.39, 0.29) is 0 Å². The van der Waals surface area contributed by atoms with Gasteiger partial charge < -0.3 is 10.1 Å². The first-order chi connectivity index (χ1) is 5.74. The average Bonchev–Trinajstić information content (AvgIpc) is 2.51. The molecule has 72 valence electrons. The molecule has 0 aliphatic carbocycles. The van der Waals surface area contributed by atoms with Crippen LogP contribution in [0.1, 0.15) is 20.3 Å². The quantitative estimate of drug-likeness (QED) is 0.628. The summed E-state index contributed by atoms with van der Waals surface area (Å²) in [5, 5.41) is 3.63. The number of alkyl halides is 1. The number of nitrogens with one attached hydrogen (secondary N) is 1. The van der Waals surface area contributed by atoms with Crippen molar-refractivity contribution in [1.82, 2.24) is 5.32 Å². The smallest absolute Gasteiger partial charge is 0.0620 e. The Kier molecular flexibility index (Phi) is 4.82. The topological polar surface area (TPSA) is 21.3 Å². The van der Waals surface area contributed by atoms with E-state index in [0.717, 1.165) is 19.1 Å². The largest absolute Gasteiger partial charge is 0.380 e. The van der Waals surface area contributed by atoms with Gasteiger partial charge in [0.15, 0.2) is 0 Å². The summed E-state index contributed by atoms with van der Waals surface area (Å²) in [5.41, 5.74) is 0. The Hall–Kier alpha value is 0.650. The van der Waals surface area contributed by atoms with E-state index in [0.29, 0.717) is 12.1 Å².